The highest BCUT2D eigenvalue weighted by Gasteiger charge is 2.45. The Bertz CT molecular complexity index is 2970. The first kappa shape index (κ1) is 62.6. The van der Waals surface area contributed by atoms with Crippen LogP contribution in [0.3, 0.4) is 0 Å². The molecule has 21 heteroatoms. The van der Waals surface area contributed by atoms with Crippen LogP contribution in [-0.4, -0.2) is 147 Å². The Morgan fingerprint density at radius 1 is 0.855 bits per heavy atom. The molecule has 0 aliphatic carbocycles. The summed E-state index contributed by atoms with van der Waals surface area (Å²) in [7, 11) is 0. The number of morpholine rings is 1. The number of para-hydroxylation sites is 1. The number of hydrogen-bond acceptors (Lipinski definition) is 11. The lowest BCUT2D eigenvalue weighted by Crippen LogP contribution is -2.62. The molecule has 1 unspecified atom stereocenters. The number of hydrogen-bond donors (Lipinski definition) is 5. The number of nitrogens with one attached hydrogen (secondary N) is 5. The highest BCUT2D eigenvalue weighted by molar-refractivity contribution is 6.04. The molecule has 9 rings (SSSR count). The second-order valence-corrected chi connectivity index (χ2v) is 23.3. The minimum absolute atomic E-state index is 0. The first-order chi connectivity index (χ1) is 39.4. The molecule has 0 saturated carbocycles. The molecule has 4 aromatic rings. The Kier molecular flexibility index (Phi) is 21.1. The van der Waals surface area contributed by atoms with Crippen molar-refractivity contribution >= 4 is 64.9 Å². The van der Waals surface area contributed by atoms with E-state index in [1.54, 1.807) is 31.2 Å². The molecule has 5 aliphatic rings. The van der Waals surface area contributed by atoms with E-state index in [0.717, 1.165) is 66.8 Å². The lowest BCUT2D eigenvalue weighted by Gasteiger charge is -2.43. The summed E-state index contributed by atoms with van der Waals surface area (Å²) in [5.74, 6) is -6.01. The second-order valence-electron chi connectivity index (χ2n) is 23.3. The molecule has 0 radical (unpaired) electrons. The van der Waals surface area contributed by atoms with Gasteiger partial charge >= 0.3 is 0 Å². The standard InChI is InChI=1S/C62H78F3N9O8.ClH/c1-6-38(2)59(78)69-56(43-19-24-81-25-20-43)61(80)73-33-44-14-17-46(29-48(44)58(73)60(79)70-57-50(64)9-7-10-51(57)65)68-54(76)30-53(75)66-22-8-21-62(5)37-74(52-28-42(13-18-49(52)62)27-41-11-15-45(63)16-12-41)55(77)35-72-32-39(3)67-31-47(72)34-71-23-26-82-36-40(71)4;/h7,9-18,28-29,38-40,43,47,56,58,67H,6,8,19-27,30-37H2,1-5H3,(H,66,75)(H,68,76)(H,69,78)(H,70,79);1H/t38-,39-,40-,47-,56+,58+,62?;/m1./s1. The normalized spacial score (nSPS) is 22.6. The Hall–Kier alpha value is -6.42. The fourth-order valence-corrected chi connectivity index (χ4v) is 12.2. The van der Waals surface area contributed by atoms with Gasteiger partial charge in [-0.05, 0) is 129 Å². The van der Waals surface area contributed by atoms with E-state index < -0.39 is 70.8 Å². The molecular weight excluding hydrogens is 1090 g/mol. The summed E-state index contributed by atoms with van der Waals surface area (Å²) in [5, 5.41) is 14.5. The molecule has 7 atom stereocenters. The highest BCUT2D eigenvalue weighted by Crippen LogP contribution is 2.45. The Morgan fingerprint density at radius 3 is 2.31 bits per heavy atom. The van der Waals surface area contributed by atoms with Crippen molar-refractivity contribution in [3.05, 3.63) is 124 Å². The minimum Gasteiger partial charge on any atom is -0.381 e. The predicted octanol–water partition coefficient (Wildman–Crippen LogP) is 7.01. The minimum atomic E-state index is -1.43. The maximum atomic E-state index is 15.0. The van der Waals surface area contributed by atoms with Crippen LogP contribution in [-0.2, 0) is 56.6 Å². The fraction of sp³-hybridized carbons (Fsp3) is 0.516. The molecule has 17 nitrogen and oxygen atoms in total. The molecule has 0 bridgehead atoms. The third-order valence-corrected chi connectivity index (χ3v) is 17.2. The van der Waals surface area contributed by atoms with Crippen LogP contribution in [0, 0.1) is 29.3 Å². The number of benzene rings is 4. The molecular formula is C62H79ClF3N9O8. The topological polar surface area (TPSA) is 194 Å². The molecule has 5 heterocycles. The largest absolute Gasteiger partial charge is 0.381 e. The van der Waals surface area contributed by atoms with Crippen LogP contribution in [0.5, 0.6) is 0 Å². The summed E-state index contributed by atoms with van der Waals surface area (Å²) in [6.45, 7) is 16.2. The number of amides is 6. The second kappa shape index (κ2) is 28.0. The molecule has 3 fully saturated rings. The van der Waals surface area contributed by atoms with Gasteiger partial charge in [-0.2, -0.15) is 0 Å². The van der Waals surface area contributed by atoms with Gasteiger partial charge in [-0.3, -0.25) is 38.6 Å². The zero-order valence-corrected chi connectivity index (χ0v) is 48.9. The third kappa shape index (κ3) is 15.1. The van der Waals surface area contributed by atoms with Gasteiger partial charge in [-0.15, -0.1) is 12.4 Å². The van der Waals surface area contributed by atoms with Crippen molar-refractivity contribution in [1.29, 1.82) is 0 Å². The van der Waals surface area contributed by atoms with E-state index in [4.69, 9.17) is 9.47 Å². The summed E-state index contributed by atoms with van der Waals surface area (Å²) in [5.41, 5.74) is 3.68. The van der Waals surface area contributed by atoms with Crippen molar-refractivity contribution in [2.75, 3.05) is 87.8 Å². The van der Waals surface area contributed by atoms with Gasteiger partial charge in [0.05, 0.1) is 19.8 Å². The quantitative estimate of drug-likeness (QED) is 0.0452. The van der Waals surface area contributed by atoms with Gasteiger partial charge in [0.1, 0.15) is 41.6 Å². The Morgan fingerprint density at radius 2 is 1.59 bits per heavy atom. The van der Waals surface area contributed by atoms with Crippen molar-refractivity contribution < 1.29 is 51.4 Å². The van der Waals surface area contributed by atoms with Crippen LogP contribution in [0.15, 0.2) is 78.9 Å². The van der Waals surface area contributed by atoms with E-state index >= 15 is 0 Å². The molecule has 6 amide bonds. The number of nitrogens with zero attached hydrogens (tertiary/aromatic N) is 4. The van der Waals surface area contributed by atoms with Crippen LogP contribution in [0.25, 0.3) is 0 Å². The predicted molar refractivity (Wildman–Crippen MR) is 312 cm³/mol. The van der Waals surface area contributed by atoms with Gasteiger partial charge in [0.2, 0.25) is 29.5 Å². The Balaban J connectivity index is 0.00000900. The molecule has 5 aliphatic heterocycles. The smallest absolute Gasteiger partial charge is 0.252 e. The van der Waals surface area contributed by atoms with Crippen LogP contribution < -0.4 is 31.5 Å². The van der Waals surface area contributed by atoms with E-state index in [2.05, 4.69) is 75.4 Å². The first-order valence-electron chi connectivity index (χ1n) is 29.0. The lowest BCUT2D eigenvalue weighted by atomic mass is 9.80. The van der Waals surface area contributed by atoms with Gasteiger partial charge < -0.3 is 45.9 Å². The average molecular weight is 1170 g/mol. The summed E-state index contributed by atoms with van der Waals surface area (Å²) >= 11 is 0. The van der Waals surface area contributed by atoms with Crippen molar-refractivity contribution in [2.45, 2.75) is 122 Å². The zero-order chi connectivity index (χ0) is 58.2. The summed E-state index contributed by atoms with van der Waals surface area (Å²) in [6.07, 6.45) is 2.66. The number of ether oxygens (including phenoxy) is 2. The van der Waals surface area contributed by atoms with E-state index in [1.165, 1.54) is 23.1 Å². The van der Waals surface area contributed by atoms with E-state index in [-0.39, 0.29) is 85.0 Å². The first-order valence-corrected chi connectivity index (χ1v) is 29.0. The van der Waals surface area contributed by atoms with Crippen molar-refractivity contribution in [2.24, 2.45) is 11.8 Å². The number of carbonyl (C=O) groups is 6. The van der Waals surface area contributed by atoms with Crippen LogP contribution in [0.4, 0.5) is 30.2 Å². The van der Waals surface area contributed by atoms with Crippen molar-refractivity contribution in [1.82, 2.24) is 30.7 Å². The maximum Gasteiger partial charge on any atom is 0.252 e. The molecule has 448 valence electrons. The van der Waals surface area contributed by atoms with Crippen LogP contribution >= 0.6 is 12.4 Å². The maximum absolute atomic E-state index is 15.0. The van der Waals surface area contributed by atoms with Gasteiger partial charge in [0.25, 0.3) is 5.91 Å². The van der Waals surface area contributed by atoms with Gasteiger partial charge in [0, 0.05) is 99.9 Å². The van der Waals surface area contributed by atoms with Crippen LogP contribution in [0.1, 0.15) is 107 Å². The summed E-state index contributed by atoms with van der Waals surface area (Å²) in [4.78, 5) is 92.0. The average Bonchev–Trinajstić information content (AvgIpc) is 2.56. The summed E-state index contributed by atoms with van der Waals surface area (Å²) < 4.78 is 55.1. The van der Waals surface area contributed by atoms with Crippen molar-refractivity contribution in [3.8, 4) is 0 Å². The zero-order valence-electron chi connectivity index (χ0n) is 48.1. The third-order valence-electron chi connectivity index (χ3n) is 17.2. The van der Waals surface area contributed by atoms with Gasteiger partial charge in [-0.1, -0.05) is 57.2 Å². The number of fused-ring (bicyclic) bond motifs is 2. The molecule has 3 saturated heterocycles. The lowest BCUT2D eigenvalue weighted by molar-refractivity contribution is -0.144. The molecule has 5 N–H and O–H groups in total. The Labute approximate surface area is 490 Å². The molecule has 0 spiro atoms. The number of carbonyl (C=O) groups excluding carboxylic acids is 6. The van der Waals surface area contributed by atoms with Crippen LogP contribution in [0.2, 0.25) is 0 Å². The highest BCUT2D eigenvalue weighted by atomic mass is 35.5. The van der Waals surface area contributed by atoms with E-state index in [1.807, 2.05) is 11.8 Å². The molecule has 4 aromatic carbocycles. The van der Waals surface area contributed by atoms with Gasteiger partial charge in [-0.25, -0.2) is 13.2 Å². The number of rotatable bonds is 20. The van der Waals surface area contributed by atoms with Crippen molar-refractivity contribution in [3.63, 3.8) is 0 Å². The molecule has 83 heavy (non-hydrogen) atoms. The number of anilines is 3. The monoisotopic (exact) mass is 1170 g/mol. The SMILES string of the molecule is CC[C@@H](C)C(=O)N[C@H](C(=O)N1Cc2ccc(NC(=O)CC(=O)NCCCC3(C)CN(C(=O)CN4C[C@@H](C)NC[C@@H]4CN4CCOC[C@H]4C)c4cc(Cc5ccc(F)cc5)ccc43)cc2[C@H]1C(=O)Nc1c(F)cccc1F)C1CCOCC1.Cl. The number of halogens is 4. The van der Waals surface area contributed by atoms with E-state index in [0.29, 0.717) is 77.1 Å². The molecule has 0 aromatic heterocycles. The van der Waals surface area contributed by atoms with Gasteiger partial charge in [0.15, 0.2) is 0 Å². The number of piperazine rings is 1. The fourth-order valence-electron chi connectivity index (χ4n) is 12.2. The van der Waals surface area contributed by atoms with E-state index in [9.17, 15) is 41.9 Å². The summed E-state index contributed by atoms with van der Waals surface area (Å²) in [6, 6.07) is 18.7.